The Kier molecular flexibility index (Phi) is 6.74. The highest BCUT2D eigenvalue weighted by atomic mass is 32.2. The minimum absolute atomic E-state index is 0.0659. The summed E-state index contributed by atoms with van der Waals surface area (Å²) in [6.45, 7) is 3.24. The van der Waals surface area contributed by atoms with Crippen LogP contribution < -0.4 is 0 Å². The van der Waals surface area contributed by atoms with Gasteiger partial charge in [0.1, 0.15) is 0 Å². The molecule has 1 heterocycles. The van der Waals surface area contributed by atoms with E-state index in [1.165, 1.54) is 4.31 Å². The van der Waals surface area contributed by atoms with E-state index in [4.69, 9.17) is 9.47 Å². The topological polar surface area (TPSA) is 72.9 Å². The van der Waals surface area contributed by atoms with Gasteiger partial charge in [-0.25, -0.2) is 12.7 Å². The molecular formula is C12H23NO5S. The van der Waals surface area contributed by atoms with Crippen LogP contribution in [0.3, 0.4) is 0 Å². The van der Waals surface area contributed by atoms with Crippen LogP contribution in [0.5, 0.6) is 0 Å². The van der Waals surface area contributed by atoms with Crippen molar-refractivity contribution in [2.45, 2.75) is 26.2 Å². The second-order valence-electron chi connectivity index (χ2n) is 4.61. The summed E-state index contributed by atoms with van der Waals surface area (Å²) in [4.78, 5) is 11.7. The summed E-state index contributed by atoms with van der Waals surface area (Å²) in [6.07, 6.45) is 1.87. The van der Waals surface area contributed by atoms with Gasteiger partial charge in [-0.15, -0.1) is 0 Å². The largest absolute Gasteiger partial charge is 0.466 e. The third kappa shape index (κ3) is 5.08. The van der Waals surface area contributed by atoms with Crippen LogP contribution in [0.1, 0.15) is 26.2 Å². The number of esters is 1. The van der Waals surface area contributed by atoms with Crippen molar-refractivity contribution < 1.29 is 22.7 Å². The highest BCUT2D eigenvalue weighted by Gasteiger charge is 2.32. The van der Waals surface area contributed by atoms with Crippen molar-refractivity contribution >= 4 is 16.0 Å². The average molecular weight is 293 g/mol. The van der Waals surface area contributed by atoms with E-state index in [1.807, 2.05) is 0 Å². The van der Waals surface area contributed by atoms with E-state index in [0.29, 0.717) is 39.0 Å². The Bertz CT molecular complexity index is 382. The fourth-order valence-electron chi connectivity index (χ4n) is 2.16. The van der Waals surface area contributed by atoms with Crippen LogP contribution in [0.25, 0.3) is 0 Å². The SMILES string of the molecule is CCOC(=O)C1CCCN(S(=O)(=O)CCCOC)C1. The molecule has 0 radical (unpaired) electrons. The van der Waals surface area contributed by atoms with Gasteiger partial charge in [-0.1, -0.05) is 0 Å². The Hall–Kier alpha value is -0.660. The molecule has 1 aliphatic heterocycles. The molecule has 1 rings (SSSR count). The summed E-state index contributed by atoms with van der Waals surface area (Å²) in [7, 11) is -1.75. The molecule has 1 saturated heterocycles. The third-order valence-electron chi connectivity index (χ3n) is 3.15. The van der Waals surface area contributed by atoms with E-state index in [9.17, 15) is 13.2 Å². The molecule has 1 fully saturated rings. The minimum atomic E-state index is -3.29. The molecule has 1 atom stereocenters. The first-order chi connectivity index (χ1) is 9.01. The first-order valence-electron chi connectivity index (χ1n) is 6.64. The number of methoxy groups -OCH3 is 1. The number of ether oxygens (including phenoxy) is 2. The van der Waals surface area contributed by atoms with E-state index in [1.54, 1.807) is 14.0 Å². The molecular weight excluding hydrogens is 270 g/mol. The van der Waals surface area contributed by atoms with Crippen LogP contribution >= 0.6 is 0 Å². The molecule has 1 aliphatic rings. The number of carbonyl (C=O) groups is 1. The summed E-state index contributed by atoms with van der Waals surface area (Å²) >= 11 is 0. The number of hydrogen-bond acceptors (Lipinski definition) is 5. The maximum Gasteiger partial charge on any atom is 0.310 e. The fourth-order valence-corrected chi connectivity index (χ4v) is 3.72. The van der Waals surface area contributed by atoms with Crippen LogP contribution in [0.15, 0.2) is 0 Å². The maximum absolute atomic E-state index is 12.1. The zero-order chi connectivity index (χ0) is 14.3. The smallest absolute Gasteiger partial charge is 0.310 e. The van der Waals surface area contributed by atoms with E-state index in [0.717, 1.165) is 0 Å². The first-order valence-corrected chi connectivity index (χ1v) is 8.25. The van der Waals surface area contributed by atoms with Crippen LogP contribution in [0.4, 0.5) is 0 Å². The fraction of sp³-hybridized carbons (Fsp3) is 0.917. The molecule has 6 nitrogen and oxygen atoms in total. The predicted molar refractivity (Wildman–Crippen MR) is 71.2 cm³/mol. The van der Waals surface area contributed by atoms with Crippen LogP contribution in [0.2, 0.25) is 0 Å². The van der Waals surface area contributed by atoms with E-state index >= 15 is 0 Å². The number of nitrogens with zero attached hydrogens (tertiary/aromatic N) is 1. The number of rotatable bonds is 7. The molecule has 19 heavy (non-hydrogen) atoms. The highest BCUT2D eigenvalue weighted by molar-refractivity contribution is 7.89. The molecule has 0 aliphatic carbocycles. The van der Waals surface area contributed by atoms with Crippen molar-refractivity contribution in [2.75, 3.05) is 39.2 Å². The highest BCUT2D eigenvalue weighted by Crippen LogP contribution is 2.21. The Morgan fingerprint density at radius 2 is 2.16 bits per heavy atom. The molecule has 0 N–H and O–H groups in total. The summed E-state index contributed by atoms with van der Waals surface area (Å²) in [5.41, 5.74) is 0. The van der Waals surface area contributed by atoms with E-state index in [-0.39, 0.29) is 24.2 Å². The lowest BCUT2D eigenvalue weighted by molar-refractivity contribution is -0.149. The van der Waals surface area contributed by atoms with E-state index < -0.39 is 10.0 Å². The molecule has 0 spiro atoms. The molecule has 7 heteroatoms. The van der Waals surface area contributed by atoms with Crippen molar-refractivity contribution in [3.8, 4) is 0 Å². The lowest BCUT2D eigenvalue weighted by Crippen LogP contribution is -2.43. The summed E-state index contributed by atoms with van der Waals surface area (Å²) in [6, 6.07) is 0. The maximum atomic E-state index is 12.1. The van der Waals surface area contributed by atoms with Crippen LogP contribution in [0, 0.1) is 5.92 Å². The predicted octanol–water partition coefficient (Wildman–Crippen LogP) is 0.628. The van der Waals surface area contributed by atoms with Crippen LogP contribution in [-0.2, 0) is 24.3 Å². The van der Waals surface area contributed by atoms with Gasteiger partial charge in [0.2, 0.25) is 10.0 Å². The lowest BCUT2D eigenvalue weighted by Gasteiger charge is -2.30. The van der Waals surface area contributed by atoms with Gasteiger partial charge in [0.05, 0.1) is 18.3 Å². The second kappa shape index (κ2) is 7.81. The first kappa shape index (κ1) is 16.4. The summed E-state index contributed by atoms with van der Waals surface area (Å²) in [5.74, 6) is -0.554. The van der Waals surface area contributed by atoms with Crippen molar-refractivity contribution in [1.82, 2.24) is 4.31 Å². The van der Waals surface area contributed by atoms with Gasteiger partial charge in [-0.3, -0.25) is 4.79 Å². The number of hydrogen-bond donors (Lipinski definition) is 0. The van der Waals surface area contributed by atoms with Gasteiger partial charge in [0.25, 0.3) is 0 Å². The Morgan fingerprint density at radius 1 is 1.42 bits per heavy atom. The van der Waals surface area contributed by atoms with Gasteiger partial charge in [0.15, 0.2) is 0 Å². The molecule has 0 bridgehead atoms. The molecule has 0 amide bonds. The normalized spacial score (nSPS) is 21.3. The van der Waals surface area contributed by atoms with E-state index in [2.05, 4.69) is 0 Å². The zero-order valence-corrected chi connectivity index (χ0v) is 12.4. The summed E-state index contributed by atoms with van der Waals surface area (Å²) < 4.78 is 35.4. The molecule has 0 aromatic carbocycles. The van der Waals surface area contributed by atoms with Gasteiger partial charge in [0, 0.05) is 26.8 Å². The van der Waals surface area contributed by atoms with Gasteiger partial charge in [-0.2, -0.15) is 0 Å². The van der Waals surface area contributed by atoms with Gasteiger partial charge in [-0.05, 0) is 26.2 Å². The van der Waals surface area contributed by atoms with Gasteiger partial charge >= 0.3 is 5.97 Å². The van der Waals surface area contributed by atoms with Crippen molar-refractivity contribution in [3.63, 3.8) is 0 Å². The number of sulfonamides is 1. The Morgan fingerprint density at radius 3 is 2.79 bits per heavy atom. The Balaban J connectivity index is 2.55. The summed E-state index contributed by atoms with van der Waals surface area (Å²) in [5, 5.41) is 0. The molecule has 0 saturated carbocycles. The quantitative estimate of drug-likeness (QED) is 0.508. The lowest BCUT2D eigenvalue weighted by atomic mass is 10.0. The minimum Gasteiger partial charge on any atom is -0.466 e. The van der Waals surface area contributed by atoms with Crippen molar-refractivity contribution in [2.24, 2.45) is 5.92 Å². The Labute approximate surface area is 115 Å². The monoisotopic (exact) mass is 293 g/mol. The number of piperidine rings is 1. The molecule has 112 valence electrons. The zero-order valence-electron chi connectivity index (χ0n) is 11.6. The second-order valence-corrected chi connectivity index (χ2v) is 6.70. The molecule has 1 unspecified atom stereocenters. The van der Waals surface area contributed by atoms with Crippen LogP contribution in [-0.4, -0.2) is 57.9 Å². The standard InChI is InChI=1S/C12H23NO5S/c1-3-18-12(14)11-6-4-7-13(10-11)19(15,16)9-5-8-17-2/h11H,3-10H2,1-2H3. The molecule has 0 aromatic heterocycles. The number of carbonyl (C=O) groups excluding carboxylic acids is 1. The third-order valence-corrected chi connectivity index (χ3v) is 5.07. The van der Waals surface area contributed by atoms with Crippen molar-refractivity contribution in [1.29, 1.82) is 0 Å². The van der Waals surface area contributed by atoms with Gasteiger partial charge < -0.3 is 9.47 Å². The van der Waals surface area contributed by atoms with Crippen molar-refractivity contribution in [3.05, 3.63) is 0 Å². The average Bonchev–Trinajstić information content (AvgIpc) is 2.39. The molecule has 0 aromatic rings.